The van der Waals surface area contributed by atoms with Crippen LogP contribution >= 0.6 is 34.5 Å². The number of ether oxygens (including phenoxy) is 1. The number of methoxy groups -OCH3 is 1. The second-order valence-corrected chi connectivity index (χ2v) is 11.4. The average Bonchev–Trinajstić information content (AvgIpc) is 3.24. The van der Waals surface area contributed by atoms with Crippen molar-refractivity contribution < 1.29 is 17.9 Å². The normalized spacial score (nSPS) is 11.4. The first kappa shape index (κ1) is 24.3. The minimum atomic E-state index is -3.87. The third-order valence-corrected chi connectivity index (χ3v) is 8.88. The van der Waals surface area contributed by atoms with E-state index in [1.807, 2.05) is 6.92 Å². The summed E-state index contributed by atoms with van der Waals surface area (Å²) in [5.41, 5.74) is 1.79. The summed E-state index contributed by atoms with van der Waals surface area (Å²) in [6.45, 7) is 1.82. The fourth-order valence-electron chi connectivity index (χ4n) is 3.38. The minimum Gasteiger partial charge on any atom is -0.495 e. The smallest absolute Gasteiger partial charge is 0.267 e. The number of benzene rings is 3. The number of nitrogens with one attached hydrogen (secondary N) is 1. The molecule has 0 bridgehead atoms. The molecule has 0 saturated carbocycles. The lowest BCUT2D eigenvalue weighted by molar-refractivity contribution is 0.103. The number of fused-ring (bicyclic) bond motifs is 1. The van der Waals surface area contributed by atoms with Crippen LogP contribution in [0.25, 0.3) is 10.1 Å². The number of rotatable bonds is 6. The van der Waals surface area contributed by atoms with Crippen molar-refractivity contribution in [1.82, 2.24) is 0 Å². The van der Waals surface area contributed by atoms with Crippen LogP contribution < -0.4 is 14.4 Å². The van der Waals surface area contributed by atoms with Crippen molar-refractivity contribution in [2.75, 3.05) is 23.8 Å². The lowest BCUT2D eigenvalue weighted by Gasteiger charge is -2.21. The van der Waals surface area contributed by atoms with E-state index < -0.39 is 10.0 Å². The summed E-state index contributed by atoms with van der Waals surface area (Å²) >= 11 is 13.3. The van der Waals surface area contributed by atoms with Crippen LogP contribution in [0.2, 0.25) is 10.0 Å². The van der Waals surface area contributed by atoms with Gasteiger partial charge in [0.05, 0.1) is 27.7 Å². The van der Waals surface area contributed by atoms with Crippen LogP contribution in [0.5, 0.6) is 5.75 Å². The van der Waals surface area contributed by atoms with Crippen LogP contribution in [0.3, 0.4) is 0 Å². The van der Waals surface area contributed by atoms with Gasteiger partial charge in [-0.15, -0.1) is 11.3 Å². The van der Waals surface area contributed by atoms with Crippen LogP contribution in [0.1, 0.15) is 15.2 Å². The highest BCUT2D eigenvalue weighted by Crippen LogP contribution is 2.34. The lowest BCUT2D eigenvalue weighted by Crippen LogP contribution is -2.27. The molecule has 0 unspecified atom stereocenters. The Kier molecular flexibility index (Phi) is 6.78. The quantitative estimate of drug-likeness (QED) is 0.302. The van der Waals surface area contributed by atoms with Gasteiger partial charge in [-0.3, -0.25) is 9.10 Å². The van der Waals surface area contributed by atoms with Gasteiger partial charge in [0, 0.05) is 17.4 Å². The molecule has 0 aliphatic heterocycles. The van der Waals surface area contributed by atoms with Gasteiger partial charge in [-0.05, 0) is 72.5 Å². The summed E-state index contributed by atoms with van der Waals surface area (Å²) < 4.78 is 34.0. The Bertz CT molecular complexity index is 1520. The molecule has 0 aliphatic carbocycles. The van der Waals surface area contributed by atoms with Crippen LogP contribution in [-0.4, -0.2) is 28.5 Å². The Morgan fingerprint density at radius 1 is 1.00 bits per heavy atom. The van der Waals surface area contributed by atoms with Gasteiger partial charge in [0.1, 0.15) is 10.6 Å². The fourth-order valence-corrected chi connectivity index (χ4v) is 6.04. The van der Waals surface area contributed by atoms with Crippen molar-refractivity contribution in [3.63, 3.8) is 0 Å². The Morgan fingerprint density at radius 2 is 1.76 bits per heavy atom. The van der Waals surface area contributed by atoms with Crippen LogP contribution in [-0.2, 0) is 10.0 Å². The molecule has 0 saturated heterocycles. The van der Waals surface area contributed by atoms with Gasteiger partial charge in [0.15, 0.2) is 0 Å². The van der Waals surface area contributed by atoms with Crippen LogP contribution in [0, 0.1) is 6.92 Å². The standard InChI is InChI=1S/C24H20Cl2N2O4S2/c1-14-4-8-20(32-3)23(10-14)34(30,31)28(2)17-6-9-21-15(11-17)12-22(33-21)24(29)27-16-5-7-18(25)19(26)13-16/h4-13H,1-3H3,(H,27,29). The van der Waals surface area contributed by atoms with Crippen molar-refractivity contribution in [3.05, 3.63) is 81.1 Å². The first-order valence-corrected chi connectivity index (χ1v) is 13.0. The molecule has 0 radical (unpaired) electrons. The zero-order valence-electron chi connectivity index (χ0n) is 18.4. The summed E-state index contributed by atoms with van der Waals surface area (Å²) in [5.74, 6) is -0.0260. The molecule has 6 nitrogen and oxygen atoms in total. The number of carbonyl (C=O) groups excluding carboxylic acids is 1. The molecular formula is C24H20Cl2N2O4S2. The number of anilines is 2. The Labute approximate surface area is 211 Å². The third kappa shape index (κ3) is 4.72. The molecule has 10 heteroatoms. The number of halogens is 2. The van der Waals surface area contributed by atoms with E-state index in [9.17, 15) is 13.2 Å². The molecule has 0 atom stereocenters. The third-order valence-electron chi connectivity index (χ3n) is 5.22. The SMILES string of the molecule is COc1ccc(C)cc1S(=O)(=O)N(C)c1ccc2sc(C(=O)Nc3ccc(Cl)c(Cl)c3)cc2c1. The molecule has 1 heterocycles. The van der Waals surface area contributed by atoms with Crippen molar-refractivity contribution in [2.24, 2.45) is 0 Å². The maximum absolute atomic E-state index is 13.3. The molecule has 0 aliphatic rings. The minimum absolute atomic E-state index is 0.0876. The fraction of sp³-hybridized carbons (Fsp3) is 0.125. The number of nitrogens with zero attached hydrogens (tertiary/aromatic N) is 1. The zero-order valence-corrected chi connectivity index (χ0v) is 21.6. The molecule has 4 aromatic rings. The van der Waals surface area contributed by atoms with E-state index in [2.05, 4.69) is 5.32 Å². The maximum Gasteiger partial charge on any atom is 0.267 e. The molecule has 3 aromatic carbocycles. The molecule has 176 valence electrons. The van der Waals surface area contributed by atoms with E-state index in [1.54, 1.807) is 60.7 Å². The monoisotopic (exact) mass is 534 g/mol. The van der Waals surface area contributed by atoms with E-state index in [0.717, 1.165) is 15.6 Å². The summed E-state index contributed by atoms with van der Waals surface area (Å²) in [6, 6.07) is 16.8. The summed E-state index contributed by atoms with van der Waals surface area (Å²) in [7, 11) is -0.950. The number of amides is 1. The van der Waals surface area contributed by atoms with Gasteiger partial charge in [0.25, 0.3) is 15.9 Å². The van der Waals surface area contributed by atoms with Crippen molar-refractivity contribution in [3.8, 4) is 5.75 Å². The number of thiophene rings is 1. The van der Waals surface area contributed by atoms with Gasteiger partial charge < -0.3 is 10.1 Å². The number of hydrogen-bond acceptors (Lipinski definition) is 5. The molecule has 1 N–H and O–H groups in total. The molecular weight excluding hydrogens is 515 g/mol. The van der Waals surface area contributed by atoms with E-state index in [1.165, 1.54) is 29.8 Å². The van der Waals surface area contributed by atoms with Gasteiger partial charge in [-0.25, -0.2) is 8.42 Å². The lowest BCUT2D eigenvalue weighted by atomic mass is 10.2. The molecule has 1 amide bonds. The first-order chi connectivity index (χ1) is 16.1. The van der Waals surface area contributed by atoms with Crippen molar-refractivity contribution in [1.29, 1.82) is 0 Å². The van der Waals surface area contributed by atoms with Crippen LogP contribution in [0.15, 0.2) is 65.6 Å². The van der Waals surface area contributed by atoms with E-state index in [0.29, 0.717) is 26.3 Å². The van der Waals surface area contributed by atoms with Crippen molar-refractivity contribution >= 4 is 71.9 Å². The Morgan fingerprint density at radius 3 is 2.47 bits per heavy atom. The molecule has 34 heavy (non-hydrogen) atoms. The van der Waals surface area contributed by atoms with Gasteiger partial charge in [0.2, 0.25) is 0 Å². The number of carbonyl (C=O) groups is 1. The summed E-state index contributed by atoms with van der Waals surface area (Å²) in [5, 5.41) is 4.29. The summed E-state index contributed by atoms with van der Waals surface area (Å²) in [6.07, 6.45) is 0. The van der Waals surface area contributed by atoms with Gasteiger partial charge >= 0.3 is 0 Å². The first-order valence-electron chi connectivity index (χ1n) is 10.0. The van der Waals surface area contributed by atoms with E-state index >= 15 is 0 Å². The molecule has 0 fully saturated rings. The van der Waals surface area contributed by atoms with E-state index in [-0.39, 0.29) is 16.6 Å². The highest BCUT2D eigenvalue weighted by atomic mass is 35.5. The predicted octanol–water partition coefficient (Wildman–Crippen LogP) is 6.60. The highest BCUT2D eigenvalue weighted by molar-refractivity contribution is 7.93. The molecule has 0 spiro atoms. The highest BCUT2D eigenvalue weighted by Gasteiger charge is 2.26. The Balaban J connectivity index is 1.63. The zero-order chi connectivity index (χ0) is 24.6. The van der Waals surface area contributed by atoms with E-state index in [4.69, 9.17) is 27.9 Å². The topological polar surface area (TPSA) is 75.7 Å². The summed E-state index contributed by atoms with van der Waals surface area (Å²) in [4.78, 5) is 13.3. The average molecular weight is 535 g/mol. The molecule has 4 rings (SSSR count). The second-order valence-electron chi connectivity index (χ2n) is 7.54. The number of aryl methyl sites for hydroxylation is 1. The van der Waals surface area contributed by atoms with Crippen molar-refractivity contribution in [2.45, 2.75) is 11.8 Å². The second kappa shape index (κ2) is 9.46. The Hall–Kier alpha value is -2.78. The predicted molar refractivity (Wildman–Crippen MR) is 140 cm³/mol. The number of hydrogen-bond donors (Lipinski definition) is 1. The molecule has 1 aromatic heterocycles. The largest absolute Gasteiger partial charge is 0.495 e. The maximum atomic E-state index is 13.3. The van der Waals surface area contributed by atoms with Crippen LogP contribution in [0.4, 0.5) is 11.4 Å². The van der Waals surface area contributed by atoms with Gasteiger partial charge in [-0.2, -0.15) is 0 Å². The van der Waals surface area contributed by atoms with Gasteiger partial charge in [-0.1, -0.05) is 29.3 Å². The number of sulfonamides is 1.